The Hall–Kier alpha value is -2.13. The number of benzene rings is 1. The lowest BCUT2D eigenvalue weighted by Crippen LogP contribution is -2.18. The van der Waals surface area contributed by atoms with Gasteiger partial charge in [-0.3, -0.25) is 4.79 Å². The maximum absolute atomic E-state index is 12.1. The van der Waals surface area contributed by atoms with Gasteiger partial charge in [-0.1, -0.05) is 12.1 Å². The van der Waals surface area contributed by atoms with E-state index in [1.165, 1.54) is 6.07 Å². The SMILES string of the molecule is CS(=O)(=O)C(C#N)c1coc2ccccc2c1=O. The van der Waals surface area contributed by atoms with Crippen molar-refractivity contribution in [2.75, 3.05) is 6.26 Å². The molecule has 2 aromatic rings. The molecule has 6 heteroatoms. The molecule has 0 bridgehead atoms. The van der Waals surface area contributed by atoms with Crippen molar-refractivity contribution in [3.8, 4) is 6.07 Å². The minimum Gasteiger partial charge on any atom is -0.464 e. The van der Waals surface area contributed by atoms with E-state index in [1.54, 1.807) is 24.3 Å². The van der Waals surface area contributed by atoms with Crippen LogP contribution in [0, 0.1) is 11.3 Å². The minimum absolute atomic E-state index is 0.154. The molecule has 5 nitrogen and oxygen atoms in total. The number of rotatable bonds is 2. The molecule has 0 radical (unpaired) electrons. The van der Waals surface area contributed by atoms with Gasteiger partial charge in [-0.05, 0) is 12.1 Å². The Morgan fingerprint density at radius 3 is 2.61 bits per heavy atom. The molecule has 1 heterocycles. The standard InChI is InChI=1S/C12H9NO4S/c1-18(15,16)11(6-13)9-7-17-10-5-3-2-4-8(10)12(9)14/h2-5,7,11H,1H3. The van der Waals surface area contributed by atoms with Gasteiger partial charge < -0.3 is 4.42 Å². The number of hydrogen-bond donors (Lipinski definition) is 0. The average molecular weight is 263 g/mol. The molecule has 0 aliphatic carbocycles. The molecular weight excluding hydrogens is 254 g/mol. The van der Waals surface area contributed by atoms with Crippen LogP contribution in [0.3, 0.4) is 0 Å². The smallest absolute Gasteiger partial charge is 0.198 e. The van der Waals surface area contributed by atoms with Gasteiger partial charge in [0.25, 0.3) is 0 Å². The molecule has 0 aliphatic rings. The van der Waals surface area contributed by atoms with E-state index in [2.05, 4.69) is 0 Å². The van der Waals surface area contributed by atoms with Crippen LogP contribution in [-0.4, -0.2) is 14.7 Å². The fraction of sp³-hybridized carbons (Fsp3) is 0.167. The third-order valence-corrected chi connectivity index (χ3v) is 3.75. The Labute approximate surface area is 103 Å². The van der Waals surface area contributed by atoms with E-state index < -0.39 is 20.5 Å². The first kappa shape index (κ1) is 12.3. The van der Waals surface area contributed by atoms with Crippen LogP contribution >= 0.6 is 0 Å². The molecule has 2 rings (SSSR count). The van der Waals surface area contributed by atoms with E-state index in [4.69, 9.17) is 9.68 Å². The third-order valence-electron chi connectivity index (χ3n) is 2.53. The van der Waals surface area contributed by atoms with Crippen molar-refractivity contribution in [2.24, 2.45) is 0 Å². The topological polar surface area (TPSA) is 88.1 Å². The number of para-hydroxylation sites is 1. The van der Waals surface area contributed by atoms with Crippen LogP contribution in [0.1, 0.15) is 10.8 Å². The normalized spacial score (nSPS) is 13.1. The second-order valence-electron chi connectivity index (χ2n) is 3.85. The van der Waals surface area contributed by atoms with Crippen LogP contribution in [-0.2, 0) is 9.84 Å². The molecule has 0 saturated heterocycles. The largest absolute Gasteiger partial charge is 0.464 e. The minimum atomic E-state index is -3.68. The molecule has 0 aliphatic heterocycles. The van der Waals surface area contributed by atoms with E-state index in [-0.39, 0.29) is 10.9 Å². The first-order chi connectivity index (χ1) is 8.45. The molecule has 1 unspecified atom stereocenters. The summed E-state index contributed by atoms with van der Waals surface area (Å²) in [5.74, 6) is 0. The maximum atomic E-state index is 12.1. The quantitative estimate of drug-likeness (QED) is 0.817. The fourth-order valence-corrected chi connectivity index (χ4v) is 2.49. The zero-order valence-corrected chi connectivity index (χ0v) is 10.3. The lowest BCUT2D eigenvalue weighted by atomic mass is 10.1. The summed E-state index contributed by atoms with van der Waals surface area (Å²) >= 11 is 0. The van der Waals surface area contributed by atoms with Crippen molar-refractivity contribution in [1.29, 1.82) is 5.26 Å². The monoisotopic (exact) mass is 263 g/mol. The summed E-state index contributed by atoms with van der Waals surface area (Å²) in [6.07, 6.45) is 1.95. The molecule has 0 fully saturated rings. The van der Waals surface area contributed by atoms with Gasteiger partial charge in [0.15, 0.2) is 20.5 Å². The lowest BCUT2D eigenvalue weighted by Gasteiger charge is -2.06. The summed E-state index contributed by atoms with van der Waals surface area (Å²) in [5.41, 5.74) is -0.288. The molecule has 0 saturated carbocycles. The van der Waals surface area contributed by atoms with Crippen molar-refractivity contribution in [3.63, 3.8) is 0 Å². The van der Waals surface area contributed by atoms with E-state index in [0.29, 0.717) is 5.58 Å². The number of nitrogens with zero attached hydrogens (tertiary/aromatic N) is 1. The van der Waals surface area contributed by atoms with Gasteiger partial charge in [-0.2, -0.15) is 5.26 Å². The van der Waals surface area contributed by atoms with Crippen LogP contribution in [0.15, 0.2) is 39.7 Å². The van der Waals surface area contributed by atoms with Crippen LogP contribution in [0.4, 0.5) is 0 Å². The number of hydrogen-bond acceptors (Lipinski definition) is 5. The first-order valence-corrected chi connectivity index (χ1v) is 6.99. The van der Waals surface area contributed by atoms with E-state index in [9.17, 15) is 13.2 Å². The Morgan fingerprint density at radius 2 is 2.00 bits per heavy atom. The first-order valence-electron chi connectivity index (χ1n) is 5.04. The Morgan fingerprint density at radius 1 is 1.33 bits per heavy atom. The third kappa shape index (κ3) is 2.00. The molecule has 1 aromatic carbocycles. The van der Waals surface area contributed by atoms with Gasteiger partial charge in [-0.25, -0.2) is 8.42 Å². The van der Waals surface area contributed by atoms with Crippen LogP contribution in [0.25, 0.3) is 11.0 Å². The van der Waals surface area contributed by atoms with Crippen LogP contribution in [0.5, 0.6) is 0 Å². The highest BCUT2D eigenvalue weighted by Crippen LogP contribution is 2.20. The summed E-state index contributed by atoms with van der Waals surface area (Å²) in [4.78, 5) is 12.1. The zero-order chi connectivity index (χ0) is 13.3. The molecule has 18 heavy (non-hydrogen) atoms. The predicted molar refractivity (Wildman–Crippen MR) is 65.7 cm³/mol. The molecule has 0 spiro atoms. The number of nitriles is 1. The summed E-state index contributed by atoms with van der Waals surface area (Å²) in [6.45, 7) is 0. The van der Waals surface area contributed by atoms with Gasteiger partial charge in [0.1, 0.15) is 11.8 Å². The highest BCUT2D eigenvalue weighted by molar-refractivity contribution is 7.91. The zero-order valence-electron chi connectivity index (χ0n) is 9.45. The summed E-state index contributed by atoms with van der Waals surface area (Å²) in [7, 11) is -3.68. The molecule has 1 aromatic heterocycles. The van der Waals surface area contributed by atoms with E-state index in [0.717, 1.165) is 12.5 Å². The van der Waals surface area contributed by atoms with Gasteiger partial charge in [-0.15, -0.1) is 0 Å². The highest BCUT2D eigenvalue weighted by atomic mass is 32.2. The van der Waals surface area contributed by atoms with Gasteiger partial charge in [0.05, 0.1) is 17.0 Å². The number of sulfone groups is 1. The second-order valence-corrected chi connectivity index (χ2v) is 5.99. The molecule has 0 amide bonds. The molecule has 1 atom stereocenters. The van der Waals surface area contributed by atoms with E-state index in [1.807, 2.05) is 0 Å². The predicted octanol–water partition coefficient (Wildman–Crippen LogP) is 1.40. The van der Waals surface area contributed by atoms with Gasteiger partial charge in [0.2, 0.25) is 0 Å². The van der Waals surface area contributed by atoms with Crippen molar-refractivity contribution < 1.29 is 12.8 Å². The molecule has 92 valence electrons. The van der Waals surface area contributed by atoms with Gasteiger partial charge >= 0.3 is 0 Å². The van der Waals surface area contributed by atoms with Crippen molar-refractivity contribution >= 4 is 20.8 Å². The summed E-state index contributed by atoms with van der Waals surface area (Å²) < 4.78 is 28.1. The van der Waals surface area contributed by atoms with Gasteiger partial charge in [0, 0.05) is 6.26 Å². The fourth-order valence-electron chi connectivity index (χ4n) is 1.67. The Bertz CT molecular complexity index is 799. The van der Waals surface area contributed by atoms with Crippen molar-refractivity contribution in [2.45, 2.75) is 5.25 Å². The van der Waals surface area contributed by atoms with Crippen molar-refractivity contribution in [1.82, 2.24) is 0 Å². The maximum Gasteiger partial charge on any atom is 0.198 e. The van der Waals surface area contributed by atoms with Crippen molar-refractivity contribution in [3.05, 3.63) is 46.3 Å². The Balaban J connectivity index is 2.79. The lowest BCUT2D eigenvalue weighted by molar-refractivity contribution is 0.581. The Kier molecular flexibility index (Phi) is 2.93. The molecule has 0 N–H and O–H groups in total. The summed E-state index contributed by atoms with van der Waals surface area (Å²) in [6, 6.07) is 8.09. The molecular formula is C12H9NO4S. The second kappa shape index (κ2) is 4.27. The highest BCUT2D eigenvalue weighted by Gasteiger charge is 2.26. The van der Waals surface area contributed by atoms with Crippen LogP contribution in [0.2, 0.25) is 0 Å². The van der Waals surface area contributed by atoms with Crippen LogP contribution < -0.4 is 5.43 Å². The average Bonchev–Trinajstić information content (AvgIpc) is 2.32. The summed E-state index contributed by atoms with van der Waals surface area (Å²) in [5, 5.41) is 7.66. The number of fused-ring (bicyclic) bond motifs is 1. The van der Waals surface area contributed by atoms with E-state index >= 15 is 0 Å².